The van der Waals surface area contributed by atoms with E-state index < -0.39 is 0 Å². The highest BCUT2D eigenvalue weighted by Gasteiger charge is 2.14. The van der Waals surface area contributed by atoms with Crippen LogP contribution < -0.4 is 10.2 Å². The molecule has 0 bridgehead atoms. The Hall–Kier alpha value is -3.99. The minimum absolute atomic E-state index is 0.226. The van der Waals surface area contributed by atoms with E-state index in [4.69, 9.17) is 0 Å². The maximum atomic E-state index is 9.79. The molecule has 2 aromatic heterocycles. The molecule has 2 aromatic carbocycles. The van der Waals surface area contributed by atoms with Crippen LogP contribution in [0.4, 0.5) is 17.2 Å². The zero-order chi connectivity index (χ0) is 22.8. The highest BCUT2D eigenvalue weighted by molar-refractivity contribution is 5.89. The largest absolute Gasteiger partial charge is 0.508 e. The Bertz CT molecular complexity index is 1350. The molecule has 2 N–H and O–H groups in total. The number of allylic oxidation sites excluding steroid dienone is 4. The van der Waals surface area contributed by atoms with E-state index >= 15 is 0 Å². The van der Waals surface area contributed by atoms with Gasteiger partial charge in [0, 0.05) is 61.4 Å². The van der Waals surface area contributed by atoms with Gasteiger partial charge in [-0.2, -0.15) is 0 Å². The summed E-state index contributed by atoms with van der Waals surface area (Å²) in [5, 5.41) is 14.2. The molecule has 0 saturated carbocycles. The van der Waals surface area contributed by atoms with Gasteiger partial charge >= 0.3 is 0 Å². The second-order valence-electron chi connectivity index (χ2n) is 8.62. The van der Waals surface area contributed by atoms with Crippen LogP contribution in [-0.4, -0.2) is 28.8 Å². The minimum Gasteiger partial charge on any atom is -0.508 e. The lowest BCUT2D eigenvalue weighted by atomic mass is 10.1. The van der Waals surface area contributed by atoms with E-state index in [9.17, 15) is 5.11 Å². The Labute approximate surface area is 194 Å². The van der Waals surface area contributed by atoms with Crippen LogP contribution in [0.15, 0.2) is 90.7 Å². The van der Waals surface area contributed by atoms with E-state index in [-0.39, 0.29) is 5.75 Å². The first kappa shape index (κ1) is 20.9. The summed E-state index contributed by atoms with van der Waals surface area (Å²) >= 11 is 0. The van der Waals surface area contributed by atoms with Crippen molar-refractivity contribution in [3.8, 4) is 17.0 Å². The molecule has 0 saturated heterocycles. The first-order valence-corrected chi connectivity index (χ1v) is 11.3. The van der Waals surface area contributed by atoms with E-state index in [1.807, 2.05) is 18.3 Å². The third-order valence-electron chi connectivity index (χ3n) is 6.00. The Morgan fingerprint density at radius 3 is 2.61 bits per heavy atom. The second kappa shape index (κ2) is 8.87. The third-order valence-corrected chi connectivity index (χ3v) is 6.00. The second-order valence-corrected chi connectivity index (χ2v) is 8.62. The number of aromatic nitrogens is 2. The number of hydrogen-bond donors (Lipinski definition) is 2. The fraction of sp³-hybridized carbons (Fsp3) is 0.179. The van der Waals surface area contributed by atoms with Gasteiger partial charge in [0.25, 0.3) is 0 Å². The van der Waals surface area contributed by atoms with Gasteiger partial charge in [-0.3, -0.25) is 0 Å². The smallest absolute Gasteiger partial charge is 0.132 e. The third kappa shape index (κ3) is 4.48. The zero-order valence-electron chi connectivity index (χ0n) is 19.0. The highest BCUT2D eigenvalue weighted by atomic mass is 16.3. The molecule has 1 aliphatic rings. The fourth-order valence-corrected chi connectivity index (χ4v) is 4.26. The molecular weight excluding hydrogens is 408 g/mol. The quantitative estimate of drug-likeness (QED) is 0.362. The lowest BCUT2D eigenvalue weighted by molar-refractivity contribution is 0.475. The SMILES string of the molecule is CN(C)c1ccc(-c2cc3cnc(Nc4cccc(O)c4)cc3n2CC2=CCCC=C2)cc1. The van der Waals surface area contributed by atoms with Crippen molar-refractivity contribution < 1.29 is 5.11 Å². The number of fused-ring (bicyclic) bond motifs is 1. The van der Waals surface area contributed by atoms with Gasteiger partial charge in [0.15, 0.2) is 0 Å². The Kier molecular flexibility index (Phi) is 5.61. The first-order valence-electron chi connectivity index (χ1n) is 11.3. The zero-order valence-corrected chi connectivity index (χ0v) is 19.0. The molecule has 166 valence electrons. The van der Waals surface area contributed by atoms with Crippen LogP contribution in [0.3, 0.4) is 0 Å². The summed E-state index contributed by atoms with van der Waals surface area (Å²) in [5.41, 5.74) is 6.78. The van der Waals surface area contributed by atoms with E-state index in [1.54, 1.807) is 12.1 Å². The average molecular weight is 437 g/mol. The van der Waals surface area contributed by atoms with E-state index in [0.29, 0.717) is 0 Å². The Balaban J connectivity index is 1.58. The fourth-order valence-electron chi connectivity index (χ4n) is 4.26. The summed E-state index contributed by atoms with van der Waals surface area (Å²) in [5.74, 6) is 0.971. The molecule has 2 heterocycles. The topological polar surface area (TPSA) is 53.3 Å². The average Bonchev–Trinajstić information content (AvgIpc) is 3.17. The Morgan fingerprint density at radius 1 is 1.03 bits per heavy atom. The Morgan fingerprint density at radius 2 is 1.88 bits per heavy atom. The number of nitrogens with zero attached hydrogens (tertiary/aromatic N) is 3. The lowest BCUT2D eigenvalue weighted by Gasteiger charge is -2.16. The number of anilines is 3. The van der Waals surface area contributed by atoms with Crippen molar-refractivity contribution in [2.75, 3.05) is 24.3 Å². The van der Waals surface area contributed by atoms with Crippen molar-refractivity contribution in [1.82, 2.24) is 9.55 Å². The van der Waals surface area contributed by atoms with Gasteiger partial charge in [0.2, 0.25) is 0 Å². The van der Waals surface area contributed by atoms with Crippen LogP contribution in [0.2, 0.25) is 0 Å². The van der Waals surface area contributed by atoms with Crippen LogP contribution in [0.25, 0.3) is 22.2 Å². The van der Waals surface area contributed by atoms with Crippen LogP contribution in [0, 0.1) is 0 Å². The maximum absolute atomic E-state index is 9.79. The van der Waals surface area contributed by atoms with Crippen molar-refractivity contribution in [2.24, 2.45) is 0 Å². The molecule has 0 aliphatic heterocycles. The molecule has 5 nitrogen and oxygen atoms in total. The van der Waals surface area contributed by atoms with Crippen molar-refractivity contribution >= 4 is 28.1 Å². The first-order chi connectivity index (χ1) is 16.1. The number of nitrogens with one attached hydrogen (secondary N) is 1. The van der Waals surface area contributed by atoms with E-state index in [0.717, 1.165) is 41.8 Å². The summed E-state index contributed by atoms with van der Waals surface area (Å²) in [4.78, 5) is 6.73. The van der Waals surface area contributed by atoms with Crippen molar-refractivity contribution in [3.05, 3.63) is 90.7 Å². The number of pyridine rings is 1. The molecule has 5 heteroatoms. The maximum Gasteiger partial charge on any atom is 0.132 e. The van der Waals surface area contributed by atoms with E-state index in [1.165, 1.54) is 22.5 Å². The molecule has 0 atom stereocenters. The van der Waals surface area contributed by atoms with Crippen LogP contribution in [0.5, 0.6) is 5.75 Å². The standard InChI is InChI=1S/C28H28N4O/c1-31(2)24-13-11-21(12-14-24)26-15-22-18-29-28(30-23-9-6-10-25(33)16-23)17-27(22)32(26)19-20-7-4-3-5-8-20/h4,6-18,33H,3,5,19H2,1-2H3,(H,29,30). The van der Waals surface area contributed by atoms with E-state index in [2.05, 4.69) is 88.5 Å². The molecule has 1 aliphatic carbocycles. The number of phenols is 1. The predicted octanol–water partition coefficient (Wildman–Crippen LogP) is 6.49. The van der Waals surface area contributed by atoms with Crippen molar-refractivity contribution in [1.29, 1.82) is 0 Å². The summed E-state index contributed by atoms with van der Waals surface area (Å²) in [7, 11) is 4.11. The monoisotopic (exact) mass is 436 g/mol. The molecular formula is C28H28N4O. The van der Waals surface area contributed by atoms with Gasteiger partial charge in [0.1, 0.15) is 11.6 Å². The number of phenolic OH excluding ortho intramolecular Hbond substituents is 1. The highest BCUT2D eigenvalue weighted by Crippen LogP contribution is 2.32. The summed E-state index contributed by atoms with van der Waals surface area (Å²) in [6.07, 6.45) is 10.9. The molecule has 4 aromatic rings. The van der Waals surface area contributed by atoms with Gasteiger partial charge in [-0.25, -0.2) is 4.98 Å². The molecule has 0 unspecified atom stereocenters. The van der Waals surface area contributed by atoms with Crippen LogP contribution in [-0.2, 0) is 6.54 Å². The van der Waals surface area contributed by atoms with Crippen LogP contribution in [0.1, 0.15) is 12.8 Å². The summed E-state index contributed by atoms with van der Waals surface area (Å²) < 4.78 is 2.37. The minimum atomic E-state index is 0.226. The van der Waals surface area contributed by atoms with Crippen molar-refractivity contribution in [2.45, 2.75) is 19.4 Å². The van der Waals surface area contributed by atoms with Gasteiger partial charge in [0.05, 0.1) is 5.52 Å². The van der Waals surface area contributed by atoms with Gasteiger partial charge in [-0.05, 0) is 54.3 Å². The molecule has 33 heavy (non-hydrogen) atoms. The molecule has 5 rings (SSSR count). The van der Waals surface area contributed by atoms with Gasteiger partial charge in [-0.15, -0.1) is 0 Å². The number of benzene rings is 2. The number of hydrogen-bond acceptors (Lipinski definition) is 4. The molecule has 0 amide bonds. The molecule has 0 radical (unpaired) electrons. The molecule has 0 fully saturated rings. The van der Waals surface area contributed by atoms with Gasteiger partial charge in [-0.1, -0.05) is 36.4 Å². The molecule has 0 spiro atoms. The number of aromatic hydroxyl groups is 1. The number of rotatable bonds is 6. The lowest BCUT2D eigenvalue weighted by Crippen LogP contribution is -2.08. The van der Waals surface area contributed by atoms with Crippen LogP contribution >= 0.6 is 0 Å². The summed E-state index contributed by atoms with van der Waals surface area (Å²) in [6, 6.07) is 20.1. The van der Waals surface area contributed by atoms with Crippen molar-refractivity contribution in [3.63, 3.8) is 0 Å². The normalized spacial score (nSPS) is 13.2. The van der Waals surface area contributed by atoms with Gasteiger partial charge < -0.3 is 19.9 Å². The summed E-state index contributed by atoms with van der Waals surface area (Å²) in [6.45, 7) is 0.806. The predicted molar refractivity (Wildman–Crippen MR) is 137 cm³/mol.